The fourth-order valence-corrected chi connectivity index (χ4v) is 5.93. The summed E-state index contributed by atoms with van der Waals surface area (Å²) in [6.07, 6.45) is 0.199. The molecule has 1 aliphatic rings. The molecule has 0 unspecified atom stereocenters. The Kier molecular flexibility index (Phi) is 8.03. The number of ether oxygens (including phenoxy) is 2. The molecule has 3 aromatic rings. The van der Waals surface area contributed by atoms with Gasteiger partial charge in [-0.25, -0.2) is 8.42 Å². The average Bonchev–Trinajstić information content (AvgIpc) is 2.92. The standard InChI is InChI=1S/C26H25N3O8S/c1-36-24-15-19(29(32)33)11-12-22(24)27-25(30)17-37-26(31)16-23-21-10-6-5-7-18(21)13-14-28(23)38(34,35)20-8-3-2-4-9-20/h2-12,15,23H,13-14,16-17H2,1H3,(H,27,30)/t23-/m1/s1. The third kappa shape index (κ3) is 5.82. The largest absolute Gasteiger partial charge is 0.494 e. The number of nitro benzene ring substituents is 1. The van der Waals surface area contributed by atoms with Crippen LogP contribution < -0.4 is 10.1 Å². The molecule has 1 heterocycles. The minimum absolute atomic E-state index is 0.0689. The van der Waals surface area contributed by atoms with E-state index in [2.05, 4.69) is 5.32 Å². The number of nitro groups is 1. The molecule has 198 valence electrons. The van der Waals surface area contributed by atoms with Crippen LogP contribution in [0.1, 0.15) is 23.6 Å². The van der Waals surface area contributed by atoms with Crippen LogP contribution >= 0.6 is 0 Å². The lowest BCUT2D eigenvalue weighted by atomic mass is 9.92. The zero-order valence-electron chi connectivity index (χ0n) is 20.4. The second-order valence-electron chi connectivity index (χ2n) is 8.45. The van der Waals surface area contributed by atoms with E-state index in [1.165, 1.54) is 35.7 Å². The number of amides is 1. The molecule has 1 amide bonds. The first-order chi connectivity index (χ1) is 18.2. The lowest BCUT2D eigenvalue weighted by Gasteiger charge is -2.36. The van der Waals surface area contributed by atoms with Crippen molar-refractivity contribution in [3.8, 4) is 5.75 Å². The average molecular weight is 540 g/mol. The highest BCUT2D eigenvalue weighted by atomic mass is 32.2. The van der Waals surface area contributed by atoms with Gasteiger partial charge >= 0.3 is 5.97 Å². The number of benzene rings is 3. The zero-order chi connectivity index (χ0) is 27.3. The number of carbonyl (C=O) groups excluding carboxylic acids is 2. The first-order valence-electron chi connectivity index (χ1n) is 11.6. The van der Waals surface area contributed by atoms with Gasteiger partial charge in [0, 0.05) is 12.6 Å². The number of rotatable bonds is 9. The Bertz CT molecular complexity index is 1460. The number of sulfonamides is 1. The Balaban J connectivity index is 1.47. The van der Waals surface area contributed by atoms with Gasteiger partial charge in [-0.2, -0.15) is 4.31 Å². The van der Waals surface area contributed by atoms with Crippen LogP contribution in [0.5, 0.6) is 5.75 Å². The summed E-state index contributed by atoms with van der Waals surface area (Å²) in [5.41, 5.74) is 1.60. The Hall–Kier alpha value is -4.29. The van der Waals surface area contributed by atoms with Crippen LogP contribution in [0.4, 0.5) is 11.4 Å². The highest BCUT2D eigenvalue weighted by Crippen LogP contribution is 2.36. The van der Waals surface area contributed by atoms with E-state index >= 15 is 0 Å². The Morgan fingerprint density at radius 3 is 2.50 bits per heavy atom. The molecule has 1 N–H and O–H groups in total. The van der Waals surface area contributed by atoms with E-state index in [0.29, 0.717) is 12.0 Å². The van der Waals surface area contributed by atoms with Crippen LogP contribution in [-0.2, 0) is 30.8 Å². The van der Waals surface area contributed by atoms with E-state index in [9.17, 15) is 28.1 Å². The van der Waals surface area contributed by atoms with Crippen molar-refractivity contribution in [2.24, 2.45) is 0 Å². The van der Waals surface area contributed by atoms with Gasteiger partial charge in [-0.05, 0) is 35.7 Å². The molecular formula is C26H25N3O8S. The van der Waals surface area contributed by atoms with Crippen molar-refractivity contribution in [3.05, 3.63) is 94.0 Å². The van der Waals surface area contributed by atoms with Crippen molar-refractivity contribution in [3.63, 3.8) is 0 Å². The summed E-state index contributed by atoms with van der Waals surface area (Å²) >= 11 is 0. The molecule has 0 spiro atoms. The molecule has 4 rings (SSSR count). The van der Waals surface area contributed by atoms with Gasteiger partial charge in [0.1, 0.15) is 5.75 Å². The Morgan fingerprint density at radius 2 is 1.79 bits per heavy atom. The van der Waals surface area contributed by atoms with Crippen LogP contribution in [0.2, 0.25) is 0 Å². The van der Waals surface area contributed by atoms with Crippen molar-refractivity contribution in [2.45, 2.75) is 23.8 Å². The van der Waals surface area contributed by atoms with Gasteiger partial charge < -0.3 is 14.8 Å². The van der Waals surface area contributed by atoms with E-state index in [1.807, 2.05) is 12.1 Å². The summed E-state index contributed by atoms with van der Waals surface area (Å²) in [6, 6.07) is 18.2. The first kappa shape index (κ1) is 26.8. The minimum atomic E-state index is -3.90. The van der Waals surface area contributed by atoms with Gasteiger partial charge in [-0.15, -0.1) is 0 Å². The summed E-state index contributed by atoms with van der Waals surface area (Å²) in [5, 5.41) is 13.4. The smallest absolute Gasteiger partial charge is 0.308 e. The minimum Gasteiger partial charge on any atom is -0.494 e. The van der Waals surface area contributed by atoms with Crippen LogP contribution in [-0.4, -0.2) is 49.8 Å². The number of esters is 1. The highest BCUT2D eigenvalue weighted by molar-refractivity contribution is 7.89. The predicted molar refractivity (Wildman–Crippen MR) is 137 cm³/mol. The number of nitrogens with zero attached hydrogens (tertiary/aromatic N) is 2. The van der Waals surface area contributed by atoms with Gasteiger partial charge in [0.25, 0.3) is 11.6 Å². The number of nitrogens with one attached hydrogen (secondary N) is 1. The van der Waals surface area contributed by atoms with Crippen molar-refractivity contribution in [1.29, 1.82) is 0 Å². The summed E-state index contributed by atoms with van der Waals surface area (Å²) < 4.78 is 38.4. The summed E-state index contributed by atoms with van der Waals surface area (Å²) in [4.78, 5) is 35.7. The molecule has 12 heteroatoms. The molecule has 0 fully saturated rings. The number of hydrogen-bond acceptors (Lipinski definition) is 8. The normalized spacial score (nSPS) is 15.2. The van der Waals surface area contributed by atoms with Crippen LogP contribution in [0.3, 0.4) is 0 Å². The first-order valence-corrected chi connectivity index (χ1v) is 13.1. The molecule has 38 heavy (non-hydrogen) atoms. The van der Waals surface area contributed by atoms with E-state index in [0.717, 1.165) is 11.6 Å². The molecule has 0 bridgehead atoms. The molecule has 1 atom stereocenters. The van der Waals surface area contributed by atoms with Crippen LogP contribution in [0, 0.1) is 10.1 Å². The maximum atomic E-state index is 13.4. The predicted octanol–water partition coefficient (Wildman–Crippen LogP) is 3.46. The van der Waals surface area contributed by atoms with Crippen LogP contribution in [0.25, 0.3) is 0 Å². The molecule has 0 saturated heterocycles. The monoisotopic (exact) mass is 539 g/mol. The third-order valence-corrected chi connectivity index (χ3v) is 8.03. The fraction of sp³-hybridized carbons (Fsp3) is 0.231. The van der Waals surface area contributed by atoms with E-state index in [4.69, 9.17) is 9.47 Å². The molecular weight excluding hydrogens is 514 g/mol. The van der Waals surface area contributed by atoms with Gasteiger partial charge in [0.15, 0.2) is 6.61 Å². The number of carbonyl (C=O) groups is 2. The second-order valence-corrected chi connectivity index (χ2v) is 10.3. The molecule has 0 saturated carbocycles. The highest BCUT2D eigenvalue weighted by Gasteiger charge is 2.37. The van der Waals surface area contributed by atoms with Crippen molar-refractivity contribution < 1.29 is 32.4 Å². The van der Waals surface area contributed by atoms with Gasteiger partial charge in [0.05, 0.1) is 41.1 Å². The van der Waals surface area contributed by atoms with Crippen molar-refractivity contribution in [2.75, 3.05) is 25.6 Å². The summed E-state index contributed by atoms with van der Waals surface area (Å²) in [5.74, 6) is -1.38. The van der Waals surface area contributed by atoms with E-state index < -0.39 is 39.5 Å². The summed E-state index contributed by atoms with van der Waals surface area (Å²) in [7, 11) is -2.61. The SMILES string of the molecule is COc1cc([N+](=O)[O-])ccc1NC(=O)COC(=O)C[C@@H]1c2ccccc2CCN1S(=O)(=O)c1ccccc1. The van der Waals surface area contributed by atoms with Crippen molar-refractivity contribution in [1.82, 2.24) is 4.31 Å². The lowest BCUT2D eigenvalue weighted by Crippen LogP contribution is -2.41. The van der Waals surface area contributed by atoms with E-state index in [1.54, 1.807) is 30.3 Å². The number of methoxy groups -OCH3 is 1. The summed E-state index contributed by atoms with van der Waals surface area (Å²) in [6.45, 7) is -0.453. The maximum absolute atomic E-state index is 13.4. The van der Waals surface area contributed by atoms with E-state index in [-0.39, 0.29) is 35.0 Å². The quantitative estimate of drug-likeness (QED) is 0.247. The number of non-ortho nitro benzene ring substituents is 1. The van der Waals surface area contributed by atoms with Crippen LogP contribution in [0.15, 0.2) is 77.7 Å². The number of fused-ring (bicyclic) bond motifs is 1. The molecule has 0 aromatic heterocycles. The molecule has 3 aromatic carbocycles. The third-order valence-electron chi connectivity index (χ3n) is 6.11. The lowest BCUT2D eigenvalue weighted by molar-refractivity contribution is -0.384. The Labute approximate surface area is 219 Å². The maximum Gasteiger partial charge on any atom is 0.308 e. The van der Waals surface area contributed by atoms with Gasteiger partial charge in [-0.1, -0.05) is 42.5 Å². The molecule has 0 aliphatic carbocycles. The van der Waals surface area contributed by atoms with Gasteiger partial charge in [-0.3, -0.25) is 19.7 Å². The molecule has 1 aliphatic heterocycles. The fourth-order valence-electron chi connectivity index (χ4n) is 4.30. The van der Waals surface area contributed by atoms with Gasteiger partial charge in [0.2, 0.25) is 10.0 Å². The van der Waals surface area contributed by atoms with Crippen molar-refractivity contribution >= 4 is 33.3 Å². The molecule has 0 radical (unpaired) electrons. The second kappa shape index (κ2) is 11.4. The Morgan fingerprint density at radius 1 is 1.08 bits per heavy atom. The number of anilines is 1. The zero-order valence-corrected chi connectivity index (χ0v) is 21.2. The molecule has 11 nitrogen and oxygen atoms in total. The topological polar surface area (TPSA) is 145 Å². The number of hydrogen-bond donors (Lipinski definition) is 1.